The number of benzene rings is 2. The molecule has 1 amide bonds. The largest absolute Gasteiger partial charge is 0.493 e. The second-order valence-electron chi connectivity index (χ2n) is 7.08. The van der Waals surface area contributed by atoms with Crippen molar-refractivity contribution >= 4 is 23.5 Å². The van der Waals surface area contributed by atoms with Crippen molar-refractivity contribution < 1.29 is 23.8 Å². The predicted octanol–water partition coefficient (Wildman–Crippen LogP) is 3.42. The van der Waals surface area contributed by atoms with E-state index in [2.05, 4.69) is 0 Å². The first-order chi connectivity index (χ1) is 15.0. The van der Waals surface area contributed by atoms with Gasteiger partial charge in [0.05, 0.1) is 26.4 Å². The van der Waals surface area contributed by atoms with E-state index in [1.54, 1.807) is 42.2 Å². The molecule has 1 heterocycles. The van der Waals surface area contributed by atoms with Gasteiger partial charge in [-0.25, -0.2) is 4.79 Å². The summed E-state index contributed by atoms with van der Waals surface area (Å²) in [6.45, 7) is 4.10. The summed E-state index contributed by atoms with van der Waals surface area (Å²) < 4.78 is 16.0. The molecule has 1 aliphatic rings. The zero-order valence-electron chi connectivity index (χ0n) is 18.0. The molecular weight excluding hydrogens is 420 g/mol. The Bertz CT molecular complexity index is 911. The molecule has 2 aromatic carbocycles. The van der Waals surface area contributed by atoms with Crippen LogP contribution in [0.25, 0.3) is 0 Å². The molecule has 0 spiro atoms. The lowest BCUT2D eigenvalue weighted by Gasteiger charge is -2.38. The van der Waals surface area contributed by atoms with Crippen LogP contribution in [-0.2, 0) is 9.53 Å². The summed E-state index contributed by atoms with van der Waals surface area (Å²) in [7, 11) is 3.06. The van der Waals surface area contributed by atoms with E-state index >= 15 is 0 Å². The van der Waals surface area contributed by atoms with Gasteiger partial charge in [-0.2, -0.15) is 0 Å². The molecule has 0 aromatic heterocycles. The van der Waals surface area contributed by atoms with Crippen LogP contribution in [0.2, 0.25) is 5.02 Å². The lowest BCUT2D eigenvalue weighted by atomic mass is 10.0. The third kappa shape index (κ3) is 5.11. The molecule has 7 nitrogen and oxygen atoms in total. The Morgan fingerprint density at radius 1 is 1.00 bits per heavy atom. The number of hydrogen-bond donors (Lipinski definition) is 0. The minimum atomic E-state index is -0.541. The maximum Gasteiger partial charge on any atom is 0.328 e. The van der Waals surface area contributed by atoms with E-state index in [9.17, 15) is 9.59 Å². The summed E-state index contributed by atoms with van der Waals surface area (Å²) in [6, 6.07) is 11.9. The first-order valence-corrected chi connectivity index (χ1v) is 10.5. The summed E-state index contributed by atoms with van der Waals surface area (Å²) in [5, 5.41) is 0.606. The fourth-order valence-electron chi connectivity index (χ4n) is 3.77. The highest BCUT2D eigenvalue weighted by molar-refractivity contribution is 6.30. The molecule has 1 fully saturated rings. The summed E-state index contributed by atoms with van der Waals surface area (Å²) in [5.41, 5.74) is 1.27. The summed E-state index contributed by atoms with van der Waals surface area (Å²) in [4.78, 5) is 29.6. The lowest BCUT2D eigenvalue weighted by molar-refractivity contribution is -0.150. The summed E-state index contributed by atoms with van der Waals surface area (Å²) in [5.74, 6) is 0.494. The van der Waals surface area contributed by atoms with Crippen LogP contribution in [0.3, 0.4) is 0 Å². The molecule has 0 bridgehead atoms. The van der Waals surface area contributed by atoms with Crippen molar-refractivity contribution in [2.45, 2.75) is 13.0 Å². The van der Waals surface area contributed by atoms with E-state index in [1.165, 1.54) is 14.2 Å². The maximum absolute atomic E-state index is 13.1. The Balaban J connectivity index is 1.75. The van der Waals surface area contributed by atoms with Gasteiger partial charge in [-0.1, -0.05) is 29.8 Å². The first kappa shape index (κ1) is 22.9. The number of methoxy groups -OCH3 is 2. The third-order valence-electron chi connectivity index (χ3n) is 5.30. The Morgan fingerprint density at radius 3 is 2.26 bits per heavy atom. The number of amides is 1. The van der Waals surface area contributed by atoms with Crippen molar-refractivity contribution in [1.29, 1.82) is 0 Å². The van der Waals surface area contributed by atoms with Gasteiger partial charge < -0.3 is 19.1 Å². The van der Waals surface area contributed by atoms with Gasteiger partial charge in [0.25, 0.3) is 5.91 Å². The smallest absolute Gasteiger partial charge is 0.328 e. The third-order valence-corrected chi connectivity index (χ3v) is 5.55. The average molecular weight is 447 g/mol. The Morgan fingerprint density at radius 2 is 1.68 bits per heavy atom. The van der Waals surface area contributed by atoms with Crippen LogP contribution >= 0.6 is 11.6 Å². The van der Waals surface area contributed by atoms with Crippen LogP contribution in [-0.4, -0.2) is 68.7 Å². The topological polar surface area (TPSA) is 68.3 Å². The van der Waals surface area contributed by atoms with Crippen LogP contribution in [0.5, 0.6) is 11.5 Å². The first-order valence-electron chi connectivity index (χ1n) is 10.2. The fraction of sp³-hybridized carbons (Fsp3) is 0.391. The van der Waals surface area contributed by atoms with E-state index in [-0.39, 0.29) is 11.9 Å². The number of halogens is 1. The zero-order chi connectivity index (χ0) is 22.4. The summed E-state index contributed by atoms with van der Waals surface area (Å²) >= 11 is 6.01. The lowest BCUT2D eigenvalue weighted by Crippen LogP contribution is -2.51. The Kier molecular flexibility index (Phi) is 7.76. The quantitative estimate of drug-likeness (QED) is 0.607. The molecule has 0 unspecified atom stereocenters. The van der Waals surface area contributed by atoms with Crippen molar-refractivity contribution in [3.63, 3.8) is 0 Å². The second-order valence-corrected chi connectivity index (χ2v) is 7.51. The normalized spacial score (nSPS) is 15.3. The number of carbonyl (C=O) groups is 2. The number of para-hydroxylation sites is 1. The van der Waals surface area contributed by atoms with E-state index < -0.39 is 6.04 Å². The van der Waals surface area contributed by atoms with Gasteiger partial charge in [-0.05, 0) is 36.8 Å². The molecule has 0 N–H and O–H groups in total. The molecule has 166 valence electrons. The van der Waals surface area contributed by atoms with E-state index in [0.29, 0.717) is 54.9 Å². The number of ether oxygens (including phenoxy) is 3. The Hall–Kier alpha value is -2.77. The van der Waals surface area contributed by atoms with Gasteiger partial charge in [0.15, 0.2) is 11.5 Å². The zero-order valence-corrected chi connectivity index (χ0v) is 18.7. The van der Waals surface area contributed by atoms with E-state index in [4.69, 9.17) is 25.8 Å². The minimum Gasteiger partial charge on any atom is -0.493 e. The highest BCUT2D eigenvalue weighted by Gasteiger charge is 2.33. The van der Waals surface area contributed by atoms with Gasteiger partial charge in [0.2, 0.25) is 0 Å². The van der Waals surface area contributed by atoms with Crippen molar-refractivity contribution in [2.75, 3.05) is 47.0 Å². The molecule has 8 heteroatoms. The van der Waals surface area contributed by atoms with Gasteiger partial charge in [0, 0.05) is 31.2 Å². The molecule has 3 rings (SSSR count). The minimum absolute atomic E-state index is 0.130. The van der Waals surface area contributed by atoms with Gasteiger partial charge in [-0.15, -0.1) is 0 Å². The molecular formula is C23H27ClN2O5. The molecule has 1 atom stereocenters. The number of carbonyl (C=O) groups excluding carboxylic acids is 2. The van der Waals surface area contributed by atoms with Gasteiger partial charge in [0.1, 0.15) is 6.04 Å². The highest BCUT2D eigenvalue weighted by Crippen LogP contribution is 2.32. The van der Waals surface area contributed by atoms with Crippen molar-refractivity contribution in [3.8, 4) is 11.5 Å². The Labute approximate surface area is 187 Å². The second kappa shape index (κ2) is 10.5. The average Bonchev–Trinajstić information content (AvgIpc) is 2.80. The number of nitrogens with zero attached hydrogens (tertiary/aromatic N) is 2. The number of piperazine rings is 1. The molecule has 0 radical (unpaired) electrons. The van der Waals surface area contributed by atoms with E-state index in [0.717, 1.165) is 5.56 Å². The summed E-state index contributed by atoms with van der Waals surface area (Å²) in [6.07, 6.45) is 0. The van der Waals surface area contributed by atoms with Crippen LogP contribution in [0.4, 0.5) is 0 Å². The predicted molar refractivity (Wildman–Crippen MR) is 118 cm³/mol. The van der Waals surface area contributed by atoms with Crippen LogP contribution < -0.4 is 9.47 Å². The fourth-order valence-corrected chi connectivity index (χ4v) is 3.90. The highest BCUT2D eigenvalue weighted by atomic mass is 35.5. The van der Waals surface area contributed by atoms with Crippen LogP contribution in [0.15, 0.2) is 42.5 Å². The van der Waals surface area contributed by atoms with Crippen LogP contribution in [0.1, 0.15) is 28.9 Å². The van der Waals surface area contributed by atoms with E-state index in [1.807, 2.05) is 17.0 Å². The van der Waals surface area contributed by atoms with Gasteiger partial charge >= 0.3 is 5.97 Å². The number of hydrogen-bond acceptors (Lipinski definition) is 6. The maximum atomic E-state index is 13.1. The van der Waals surface area contributed by atoms with Crippen molar-refractivity contribution in [2.24, 2.45) is 0 Å². The van der Waals surface area contributed by atoms with Crippen molar-refractivity contribution in [3.05, 3.63) is 58.6 Å². The molecule has 2 aromatic rings. The molecule has 31 heavy (non-hydrogen) atoms. The molecule has 1 aliphatic heterocycles. The number of rotatable bonds is 7. The molecule has 0 saturated carbocycles. The number of esters is 1. The molecule has 0 aliphatic carbocycles. The standard InChI is InChI=1S/C23H27ClN2O5/c1-4-31-23(28)20(16-8-10-17(24)11-9-16)25-12-14-26(15-13-25)22(27)18-6-5-7-19(29-2)21(18)30-3/h5-11,20H,4,12-15H2,1-3H3/t20-/m0/s1. The molecule has 1 saturated heterocycles. The SMILES string of the molecule is CCOC(=O)[C@H](c1ccc(Cl)cc1)N1CCN(C(=O)c2cccc(OC)c2OC)CC1. The van der Waals surface area contributed by atoms with Crippen molar-refractivity contribution in [1.82, 2.24) is 9.80 Å². The van der Waals surface area contributed by atoms with Gasteiger partial charge in [-0.3, -0.25) is 9.69 Å². The van der Waals surface area contributed by atoms with Crippen LogP contribution in [0, 0.1) is 0 Å². The monoisotopic (exact) mass is 446 g/mol.